The van der Waals surface area contributed by atoms with Crippen LogP contribution in [0, 0.1) is 6.92 Å². The molecule has 0 saturated heterocycles. The first kappa shape index (κ1) is 16.7. The van der Waals surface area contributed by atoms with Crippen LogP contribution in [-0.2, 0) is 9.53 Å². The van der Waals surface area contributed by atoms with Gasteiger partial charge >= 0.3 is 5.97 Å². The number of carbonyl (C=O) groups is 2. The fraction of sp³-hybridized carbons (Fsp3) is 0.100. The number of ether oxygens (including phenoxy) is 1. The molecule has 2 heterocycles. The highest BCUT2D eigenvalue weighted by Gasteiger charge is 2.20. The Morgan fingerprint density at radius 3 is 2.81 bits per heavy atom. The molecule has 0 aliphatic heterocycles. The highest BCUT2D eigenvalue weighted by molar-refractivity contribution is 6.04. The van der Waals surface area contributed by atoms with Gasteiger partial charge in [0.25, 0.3) is 5.91 Å². The van der Waals surface area contributed by atoms with Crippen LogP contribution < -0.4 is 5.32 Å². The zero-order valence-corrected chi connectivity index (χ0v) is 14.5. The lowest BCUT2D eigenvalue weighted by molar-refractivity contribution is -0.119. The van der Waals surface area contributed by atoms with Gasteiger partial charge < -0.3 is 10.1 Å². The van der Waals surface area contributed by atoms with Crippen LogP contribution in [0.25, 0.3) is 16.4 Å². The first-order chi connectivity index (χ1) is 13.1. The van der Waals surface area contributed by atoms with Crippen molar-refractivity contribution in [2.45, 2.75) is 6.92 Å². The van der Waals surface area contributed by atoms with E-state index in [0.717, 1.165) is 10.8 Å². The third-order valence-corrected chi connectivity index (χ3v) is 4.17. The van der Waals surface area contributed by atoms with Crippen molar-refractivity contribution < 1.29 is 14.3 Å². The Kier molecular flexibility index (Phi) is 4.25. The van der Waals surface area contributed by atoms with Crippen molar-refractivity contribution >= 4 is 34.0 Å². The summed E-state index contributed by atoms with van der Waals surface area (Å²) in [5, 5.41) is 8.93. The van der Waals surface area contributed by atoms with Crippen molar-refractivity contribution in [1.82, 2.24) is 14.6 Å². The van der Waals surface area contributed by atoms with Gasteiger partial charge in [-0.1, -0.05) is 36.4 Å². The van der Waals surface area contributed by atoms with Crippen LogP contribution >= 0.6 is 0 Å². The smallest absolute Gasteiger partial charge is 0.344 e. The second-order valence-corrected chi connectivity index (χ2v) is 6.00. The number of aromatic nitrogens is 3. The fourth-order valence-corrected chi connectivity index (χ4v) is 2.96. The predicted octanol–water partition coefficient (Wildman–Crippen LogP) is 2.99. The summed E-state index contributed by atoms with van der Waals surface area (Å²) in [6, 6.07) is 15.1. The van der Waals surface area contributed by atoms with Gasteiger partial charge in [0, 0.05) is 23.5 Å². The maximum atomic E-state index is 12.4. The van der Waals surface area contributed by atoms with E-state index in [4.69, 9.17) is 4.74 Å². The number of rotatable bonds is 4. The minimum Gasteiger partial charge on any atom is -0.452 e. The molecule has 7 nitrogen and oxygen atoms in total. The number of aryl methyl sites for hydroxylation is 1. The maximum absolute atomic E-state index is 12.4. The molecule has 4 aromatic rings. The molecule has 2 aromatic carbocycles. The highest BCUT2D eigenvalue weighted by atomic mass is 16.5. The van der Waals surface area contributed by atoms with Gasteiger partial charge in [0.2, 0.25) is 0 Å². The summed E-state index contributed by atoms with van der Waals surface area (Å²) < 4.78 is 6.68. The van der Waals surface area contributed by atoms with Crippen LogP contribution in [0.4, 0.5) is 5.69 Å². The number of nitrogens with one attached hydrogen (secondary N) is 1. The lowest BCUT2D eigenvalue weighted by Gasteiger charge is -2.09. The molecule has 0 bridgehead atoms. The zero-order chi connectivity index (χ0) is 18.8. The summed E-state index contributed by atoms with van der Waals surface area (Å²) in [5.74, 6) is -1.05. The molecule has 0 aliphatic rings. The number of benzene rings is 2. The number of hydrogen-bond donors (Lipinski definition) is 1. The molecule has 0 fully saturated rings. The molecular formula is C20H16N4O3. The standard InChI is InChI=1S/C20H16N4O3/c1-13-18(19-21-10-5-11-24(19)23-13)20(26)27-12-17(25)22-16-9-4-7-14-6-2-3-8-15(14)16/h2-11H,12H2,1H3,(H,22,25). The molecule has 27 heavy (non-hydrogen) atoms. The molecule has 0 atom stereocenters. The predicted molar refractivity (Wildman–Crippen MR) is 101 cm³/mol. The van der Waals surface area contributed by atoms with Crippen molar-refractivity contribution in [1.29, 1.82) is 0 Å². The van der Waals surface area contributed by atoms with Gasteiger partial charge in [0.1, 0.15) is 5.56 Å². The van der Waals surface area contributed by atoms with Gasteiger partial charge in [-0.2, -0.15) is 5.10 Å². The van der Waals surface area contributed by atoms with E-state index in [2.05, 4.69) is 15.4 Å². The van der Waals surface area contributed by atoms with Gasteiger partial charge in [-0.15, -0.1) is 0 Å². The topological polar surface area (TPSA) is 85.6 Å². The van der Waals surface area contributed by atoms with Crippen LogP contribution in [0.15, 0.2) is 60.9 Å². The molecule has 0 spiro atoms. The molecule has 0 radical (unpaired) electrons. The number of amides is 1. The normalized spacial score (nSPS) is 10.9. The molecule has 0 unspecified atom stereocenters. The van der Waals surface area contributed by atoms with Crippen molar-refractivity contribution in [3.05, 3.63) is 72.2 Å². The van der Waals surface area contributed by atoms with Gasteiger partial charge in [0.15, 0.2) is 12.3 Å². The summed E-state index contributed by atoms with van der Waals surface area (Å²) in [6.45, 7) is 1.30. The Morgan fingerprint density at radius 1 is 1.11 bits per heavy atom. The third-order valence-electron chi connectivity index (χ3n) is 4.17. The molecule has 1 N–H and O–H groups in total. The number of carbonyl (C=O) groups excluding carboxylic acids is 2. The molecule has 1 amide bonds. The summed E-state index contributed by atoms with van der Waals surface area (Å²) >= 11 is 0. The van der Waals surface area contributed by atoms with E-state index in [1.54, 1.807) is 31.5 Å². The highest BCUT2D eigenvalue weighted by Crippen LogP contribution is 2.23. The fourth-order valence-electron chi connectivity index (χ4n) is 2.96. The average Bonchev–Trinajstić information content (AvgIpc) is 3.02. The number of hydrogen-bond acceptors (Lipinski definition) is 5. The van der Waals surface area contributed by atoms with E-state index in [1.807, 2.05) is 36.4 Å². The largest absolute Gasteiger partial charge is 0.452 e. The Morgan fingerprint density at radius 2 is 1.93 bits per heavy atom. The van der Waals surface area contributed by atoms with E-state index in [0.29, 0.717) is 17.0 Å². The average molecular weight is 360 g/mol. The lowest BCUT2D eigenvalue weighted by atomic mass is 10.1. The van der Waals surface area contributed by atoms with Crippen LogP contribution in [-0.4, -0.2) is 33.1 Å². The van der Waals surface area contributed by atoms with Crippen molar-refractivity contribution in [3.8, 4) is 0 Å². The van der Waals surface area contributed by atoms with E-state index >= 15 is 0 Å². The molecule has 7 heteroatoms. The first-order valence-electron chi connectivity index (χ1n) is 8.38. The Hall–Kier alpha value is -3.74. The quantitative estimate of drug-likeness (QED) is 0.566. The minimum absolute atomic E-state index is 0.258. The maximum Gasteiger partial charge on any atom is 0.344 e. The monoisotopic (exact) mass is 360 g/mol. The van der Waals surface area contributed by atoms with Crippen LogP contribution in [0.2, 0.25) is 0 Å². The van der Waals surface area contributed by atoms with Gasteiger partial charge in [-0.3, -0.25) is 4.79 Å². The molecule has 0 aliphatic carbocycles. The van der Waals surface area contributed by atoms with Crippen LogP contribution in [0.1, 0.15) is 16.1 Å². The van der Waals surface area contributed by atoms with E-state index in [1.165, 1.54) is 4.52 Å². The molecule has 4 rings (SSSR count). The zero-order valence-electron chi connectivity index (χ0n) is 14.5. The first-order valence-corrected chi connectivity index (χ1v) is 8.38. The van der Waals surface area contributed by atoms with Crippen molar-refractivity contribution in [3.63, 3.8) is 0 Å². The Bertz CT molecular complexity index is 1160. The second kappa shape index (κ2) is 6.87. The van der Waals surface area contributed by atoms with Crippen molar-refractivity contribution in [2.24, 2.45) is 0 Å². The minimum atomic E-state index is -0.630. The molecular weight excluding hydrogens is 344 g/mol. The summed E-state index contributed by atoms with van der Waals surface area (Å²) in [5.41, 5.74) is 1.82. The number of fused-ring (bicyclic) bond motifs is 2. The summed E-state index contributed by atoms with van der Waals surface area (Å²) in [4.78, 5) is 28.8. The second-order valence-electron chi connectivity index (χ2n) is 6.00. The number of anilines is 1. The van der Waals surface area contributed by atoms with Gasteiger partial charge in [-0.25, -0.2) is 14.3 Å². The van der Waals surface area contributed by atoms with E-state index in [-0.39, 0.29) is 5.56 Å². The number of nitrogens with zero attached hydrogens (tertiary/aromatic N) is 3. The lowest BCUT2D eigenvalue weighted by Crippen LogP contribution is -2.21. The van der Waals surface area contributed by atoms with Crippen molar-refractivity contribution in [2.75, 3.05) is 11.9 Å². The summed E-state index contributed by atoms with van der Waals surface area (Å²) in [6.07, 6.45) is 3.26. The van der Waals surface area contributed by atoms with Crippen LogP contribution in [0.5, 0.6) is 0 Å². The SMILES string of the molecule is Cc1nn2cccnc2c1C(=O)OCC(=O)Nc1cccc2ccccc12. The molecule has 134 valence electrons. The number of esters is 1. The Labute approximate surface area is 154 Å². The van der Waals surface area contributed by atoms with E-state index in [9.17, 15) is 9.59 Å². The molecule has 2 aromatic heterocycles. The van der Waals surface area contributed by atoms with Crippen LogP contribution in [0.3, 0.4) is 0 Å². The van der Waals surface area contributed by atoms with E-state index < -0.39 is 18.5 Å². The Balaban J connectivity index is 1.47. The van der Waals surface area contributed by atoms with Gasteiger partial charge in [-0.05, 0) is 24.4 Å². The summed E-state index contributed by atoms with van der Waals surface area (Å²) in [7, 11) is 0. The molecule has 0 saturated carbocycles. The third kappa shape index (κ3) is 3.22. The van der Waals surface area contributed by atoms with Gasteiger partial charge in [0.05, 0.1) is 5.69 Å².